The van der Waals surface area contributed by atoms with Crippen LogP contribution in [0.3, 0.4) is 0 Å². The summed E-state index contributed by atoms with van der Waals surface area (Å²) in [5.41, 5.74) is 4.45. The molecule has 1 unspecified atom stereocenters. The van der Waals surface area contributed by atoms with Gasteiger partial charge in [-0.25, -0.2) is 0 Å². The first-order valence-corrected chi connectivity index (χ1v) is 7.07. The van der Waals surface area contributed by atoms with Crippen LogP contribution in [0.15, 0.2) is 0 Å². The SMILES string of the molecule is CSCC(C)(O)CNC(=O)C1(N)CCCC1. The number of hydrogen-bond acceptors (Lipinski definition) is 4. The third-order valence-electron chi connectivity index (χ3n) is 3.03. The van der Waals surface area contributed by atoms with Crippen LogP contribution in [0.2, 0.25) is 0 Å². The van der Waals surface area contributed by atoms with Gasteiger partial charge in [0.15, 0.2) is 0 Å². The number of nitrogens with one attached hydrogen (secondary N) is 1. The largest absolute Gasteiger partial charge is 0.387 e. The summed E-state index contributed by atoms with van der Waals surface area (Å²) in [6.07, 6.45) is 5.47. The highest BCUT2D eigenvalue weighted by molar-refractivity contribution is 7.98. The lowest BCUT2D eigenvalue weighted by Gasteiger charge is -2.27. The Labute approximate surface area is 101 Å². The second kappa shape index (κ2) is 5.38. The minimum absolute atomic E-state index is 0.119. The van der Waals surface area contributed by atoms with E-state index in [1.165, 1.54) is 0 Å². The average molecular weight is 246 g/mol. The number of aliphatic hydroxyl groups is 1. The van der Waals surface area contributed by atoms with Gasteiger partial charge in [0.05, 0.1) is 11.1 Å². The van der Waals surface area contributed by atoms with Gasteiger partial charge < -0.3 is 16.2 Å². The third kappa shape index (κ3) is 3.64. The van der Waals surface area contributed by atoms with Gasteiger partial charge in [-0.15, -0.1) is 0 Å². The van der Waals surface area contributed by atoms with Crippen molar-refractivity contribution in [2.24, 2.45) is 5.73 Å². The summed E-state index contributed by atoms with van der Waals surface area (Å²) < 4.78 is 0. The first-order valence-electron chi connectivity index (χ1n) is 5.68. The van der Waals surface area contributed by atoms with E-state index in [-0.39, 0.29) is 12.5 Å². The van der Waals surface area contributed by atoms with E-state index in [1.54, 1.807) is 18.7 Å². The third-order valence-corrected chi connectivity index (χ3v) is 3.94. The van der Waals surface area contributed by atoms with Crippen molar-refractivity contribution < 1.29 is 9.90 Å². The van der Waals surface area contributed by atoms with Crippen molar-refractivity contribution in [1.82, 2.24) is 5.32 Å². The fourth-order valence-electron chi connectivity index (χ4n) is 2.04. The molecule has 0 aromatic heterocycles. The van der Waals surface area contributed by atoms with E-state index >= 15 is 0 Å². The molecular formula is C11H22N2O2S. The molecule has 1 aliphatic rings. The van der Waals surface area contributed by atoms with E-state index in [1.807, 2.05) is 6.26 Å². The molecule has 0 heterocycles. The minimum atomic E-state index is -0.857. The maximum atomic E-state index is 11.9. The molecule has 0 aliphatic heterocycles. The number of hydrogen-bond donors (Lipinski definition) is 3. The van der Waals surface area contributed by atoms with Crippen molar-refractivity contribution in [1.29, 1.82) is 0 Å². The number of thioether (sulfide) groups is 1. The van der Waals surface area contributed by atoms with Crippen LogP contribution >= 0.6 is 11.8 Å². The summed E-state index contributed by atoms with van der Waals surface area (Å²) in [6, 6.07) is 0. The predicted octanol–water partition coefficient (Wildman–Crippen LogP) is 0.488. The lowest BCUT2D eigenvalue weighted by atomic mass is 9.97. The Hall–Kier alpha value is -0.260. The Balaban J connectivity index is 2.40. The number of rotatable bonds is 5. The highest BCUT2D eigenvalue weighted by Gasteiger charge is 2.37. The van der Waals surface area contributed by atoms with E-state index in [2.05, 4.69) is 5.32 Å². The number of amides is 1. The lowest BCUT2D eigenvalue weighted by molar-refractivity contribution is -0.127. The maximum Gasteiger partial charge on any atom is 0.240 e. The molecular weight excluding hydrogens is 224 g/mol. The van der Waals surface area contributed by atoms with Crippen LogP contribution in [0.1, 0.15) is 32.6 Å². The number of nitrogens with two attached hydrogens (primary N) is 1. The molecule has 0 radical (unpaired) electrons. The fraction of sp³-hybridized carbons (Fsp3) is 0.909. The van der Waals surface area contributed by atoms with Crippen LogP contribution in [0.25, 0.3) is 0 Å². The van der Waals surface area contributed by atoms with Gasteiger partial charge >= 0.3 is 0 Å². The van der Waals surface area contributed by atoms with E-state index in [9.17, 15) is 9.90 Å². The molecule has 0 aromatic carbocycles. The molecule has 1 saturated carbocycles. The van der Waals surface area contributed by atoms with Crippen LogP contribution in [0.4, 0.5) is 0 Å². The van der Waals surface area contributed by atoms with Crippen LogP contribution in [0.5, 0.6) is 0 Å². The van der Waals surface area contributed by atoms with E-state index in [4.69, 9.17) is 5.73 Å². The lowest BCUT2D eigenvalue weighted by Crippen LogP contribution is -2.55. The quantitative estimate of drug-likeness (QED) is 0.660. The van der Waals surface area contributed by atoms with Gasteiger partial charge in [-0.2, -0.15) is 11.8 Å². The Kier molecular flexibility index (Phi) is 4.64. The zero-order valence-electron chi connectivity index (χ0n) is 10.1. The Morgan fingerprint density at radius 1 is 1.56 bits per heavy atom. The number of carbonyl (C=O) groups excluding carboxylic acids is 1. The van der Waals surface area contributed by atoms with Crippen molar-refractivity contribution in [2.75, 3.05) is 18.6 Å². The second-order valence-electron chi connectivity index (χ2n) is 4.98. The van der Waals surface area contributed by atoms with Crippen LogP contribution in [0, 0.1) is 0 Å². The summed E-state index contributed by atoms with van der Waals surface area (Å²) in [5, 5.41) is 12.7. The zero-order chi connectivity index (χ0) is 12.2. The molecule has 0 bridgehead atoms. The molecule has 4 N–H and O–H groups in total. The van der Waals surface area contributed by atoms with Crippen molar-refractivity contribution in [2.45, 2.75) is 43.7 Å². The molecule has 0 aromatic rings. The highest BCUT2D eigenvalue weighted by atomic mass is 32.2. The average Bonchev–Trinajstić information content (AvgIpc) is 2.63. The van der Waals surface area contributed by atoms with Crippen LogP contribution in [-0.2, 0) is 4.79 Å². The number of carbonyl (C=O) groups is 1. The Morgan fingerprint density at radius 2 is 2.12 bits per heavy atom. The molecule has 16 heavy (non-hydrogen) atoms. The molecule has 1 atom stereocenters. The zero-order valence-corrected chi connectivity index (χ0v) is 10.9. The van der Waals surface area contributed by atoms with Gasteiger partial charge in [0.1, 0.15) is 0 Å². The Morgan fingerprint density at radius 3 is 2.62 bits per heavy atom. The maximum absolute atomic E-state index is 11.9. The molecule has 0 saturated heterocycles. The highest BCUT2D eigenvalue weighted by Crippen LogP contribution is 2.27. The molecule has 1 amide bonds. The molecule has 1 rings (SSSR count). The Bertz CT molecular complexity index is 250. The van der Waals surface area contributed by atoms with E-state index < -0.39 is 11.1 Å². The van der Waals surface area contributed by atoms with Crippen molar-refractivity contribution >= 4 is 17.7 Å². The molecule has 1 fully saturated rings. The van der Waals surface area contributed by atoms with Crippen molar-refractivity contribution in [3.63, 3.8) is 0 Å². The smallest absolute Gasteiger partial charge is 0.240 e. The van der Waals surface area contributed by atoms with Gasteiger partial charge in [-0.05, 0) is 26.0 Å². The first kappa shape index (κ1) is 13.8. The molecule has 4 nitrogen and oxygen atoms in total. The predicted molar refractivity (Wildman–Crippen MR) is 67.4 cm³/mol. The van der Waals surface area contributed by atoms with Gasteiger partial charge in [-0.3, -0.25) is 4.79 Å². The standard InChI is InChI=1S/C11H22N2O2S/c1-10(15,8-16-2)7-13-9(14)11(12)5-3-4-6-11/h15H,3-8,12H2,1-2H3,(H,13,14). The normalized spacial score (nSPS) is 22.8. The molecule has 1 aliphatic carbocycles. The molecule has 94 valence electrons. The van der Waals surface area contributed by atoms with Gasteiger partial charge in [0, 0.05) is 12.3 Å². The first-order chi connectivity index (χ1) is 7.40. The van der Waals surface area contributed by atoms with Crippen molar-refractivity contribution in [3.8, 4) is 0 Å². The van der Waals surface area contributed by atoms with Crippen LogP contribution < -0.4 is 11.1 Å². The van der Waals surface area contributed by atoms with Gasteiger partial charge in [-0.1, -0.05) is 12.8 Å². The summed E-state index contributed by atoms with van der Waals surface area (Å²) in [4.78, 5) is 11.9. The monoisotopic (exact) mass is 246 g/mol. The van der Waals surface area contributed by atoms with E-state index in [0.29, 0.717) is 5.75 Å². The van der Waals surface area contributed by atoms with Crippen LogP contribution in [-0.4, -0.2) is 40.7 Å². The fourth-order valence-corrected chi connectivity index (χ4v) is 2.77. The van der Waals surface area contributed by atoms with Gasteiger partial charge in [0.25, 0.3) is 0 Å². The molecule has 0 spiro atoms. The summed E-state index contributed by atoms with van der Waals surface area (Å²) in [6.45, 7) is 1.99. The van der Waals surface area contributed by atoms with Gasteiger partial charge in [0.2, 0.25) is 5.91 Å². The minimum Gasteiger partial charge on any atom is -0.387 e. The topological polar surface area (TPSA) is 75.3 Å². The summed E-state index contributed by atoms with van der Waals surface area (Å²) in [5.74, 6) is 0.483. The summed E-state index contributed by atoms with van der Waals surface area (Å²) >= 11 is 1.56. The van der Waals surface area contributed by atoms with E-state index in [0.717, 1.165) is 25.7 Å². The van der Waals surface area contributed by atoms with Crippen molar-refractivity contribution in [3.05, 3.63) is 0 Å². The molecule has 5 heteroatoms. The second-order valence-corrected chi connectivity index (χ2v) is 5.84. The summed E-state index contributed by atoms with van der Waals surface area (Å²) in [7, 11) is 0.